The van der Waals surface area contributed by atoms with Gasteiger partial charge in [-0.2, -0.15) is 10.2 Å². The molecule has 1 aliphatic heterocycles. The topological polar surface area (TPSA) is 78.8 Å². The van der Waals surface area contributed by atoms with Crippen molar-refractivity contribution in [3.8, 4) is 6.07 Å². The summed E-state index contributed by atoms with van der Waals surface area (Å²) in [5.41, 5.74) is 5.98. The quantitative estimate of drug-likeness (QED) is 0.734. The molecule has 0 atom stereocenters. The summed E-state index contributed by atoms with van der Waals surface area (Å²) < 4.78 is 0. The molecule has 78 valence electrons. The smallest absolute Gasteiger partial charge is 0.227 e. The standard InChI is InChI=1S/C10H13N5/c11-6-8-7-13-10(14-9(8)12)15-4-2-1-3-5-15/h7H,1-5H2,(H2,12,13,14). The maximum atomic E-state index is 8.70. The second-order valence-corrected chi connectivity index (χ2v) is 3.63. The Morgan fingerprint density at radius 2 is 2.07 bits per heavy atom. The number of piperidine rings is 1. The lowest BCUT2D eigenvalue weighted by Crippen LogP contribution is -2.31. The van der Waals surface area contributed by atoms with E-state index in [1.165, 1.54) is 25.5 Å². The minimum absolute atomic E-state index is 0.271. The SMILES string of the molecule is N#Cc1cnc(N2CCCCC2)nc1N. The van der Waals surface area contributed by atoms with E-state index in [0.29, 0.717) is 11.5 Å². The molecular formula is C10H13N5. The van der Waals surface area contributed by atoms with Crippen molar-refractivity contribution in [3.05, 3.63) is 11.8 Å². The Bertz CT molecular complexity index is 389. The lowest BCUT2D eigenvalue weighted by Gasteiger charge is -2.26. The molecule has 0 aromatic carbocycles. The van der Waals surface area contributed by atoms with Crippen molar-refractivity contribution >= 4 is 11.8 Å². The molecule has 0 aliphatic carbocycles. The van der Waals surface area contributed by atoms with Crippen LogP contribution in [0.4, 0.5) is 11.8 Å². The van der Waals surface area contributed by atoms with Gasteiger partial charge in [0.1, 0.15) is 17.5 Å². The maximum absolute atomic E-state index is 8.70. The van der Waals surface area contributed by atoms with Crippen LogP contribution in [0.2, 0.25) is 0 Å². The first kappa shape index (κ1) is 9.71. The van der Waals surface area contributed by atoms with Crippen molar-refractivity contribution in [2.75, 3.05) is 23.7 Å². The van der Waals surface area contributed by atoms with Crippen molar-refractivity contribution < 1.29 is 0 Å². The van der Waals surface area contributed by atoms with Gasteiger partial charge < -0.3 is 10.6 Å². The van der Waals surface area contributed by atoms with Gasteiger partial charge in [0, 0.05) is 13.1 Å². The van der Waals surface area contributed by atoms with Crippen molar-refractivity contribution in [2.45, 2.75) is 19.3 Å². The fourth-order valence-corrected chi connectivity index (χ4v) is 1.72. The van der Waals surface area contributed by atoms with Gasteiger partial charge in [0.05, 0.1) is 6.20 Å². The molecule has 0 unspecified atom stereocenters. The Morgan fingerprint density at radius 1 is 1.33 bits per heavy atom. The highest BCUT2D eigenvalue weighted by atomic mass is 15.3. The van der Waals surface area contributed by atoms with E-state index in [1.807, 2.05) is 6.07 Å². The maximum Gasteiger partial charge on any atom is 0.227 e. The minimum atomic E-state index is 0.271. The Balaban J connectivity index is 2.22. The zero-order valence-corrected chi connectivity index (χ0v) is 8.48. The van der Waals surface area contributed by atoms with Crippen LogP contribution in [0.1, 0.15) is 24.8 Å². The highest BCUT2D eigenvalue weighted by molar-refractivity contribution is 5.50. The number of nitrogens with zero attached hydrogens (tertiary/aromatic N) is 4. The number of anilines is 2. The van der Waals surface area contributed by atoms with Gasteiger partial charge in [0.2, 0.25) is 5.95 Å². The molecule has 1 saturated heterocycles. The molecule has 0 radical (unpaired) electrons. The van der Waals surface area contributed by atoms with E-state index < -0.39 is 0 Å². The average molecular weight is 203 g/mol. The molecule has 5 nitrogen and oxygen atoms in total. The van der Waals surface area contributed by atoms with E-state index in [0.717, 1.165) is 13.1 Å². The van der Waals surface area contributed by atoms with Gasteiger partial charge in [0.15, 0.2) is 0 Å². The lowest BCUT2D eigenvalue weighted by molar-refractivity contribution is 0.568. The zero-order chi connectivity index (χ0) is 10.7. The third-order valence-corrected chi connectivity index (χ3v) is 2.56. The summed E-state index contributed by atoms with van der Waals surface area (Å²) in [6.07, 6.45) is 5.10. The molecule has 1 aliphatic rings. The van der Waals surface area contributed by atoms with E-state index in [9.17, 15) is 0 Å². The normalized spacial score (nSPS) is 16.1. The molecule has 1 aromatic rings. The van der Waals surface area contributed by atoms with Crippen LogP contribution in [0.15, 0.2) is 6.20 Å². The number of aromatic nitrogens is 2. The van der Waals surface area contributed by atoms with Crippen LogP contribution >= 0.6 is 0 Å². The van der Waals surface area contributed by atoms with E-state index in [1.54, 1.807) is 0 Å². The van der Waals surface area contributed by atoms with Crippen molar-refractivity contribution in [3.63, 3.8) is 0 Å². The Morgan fingerprint density at radius 3 is 2.67 bits per heavy atom. The number of nitrogens with two attached hydrogens (primary N) is 1. The van der Waals surface area contributed by atoms with E-state index in [-0.39, 0.29) is 5.82 Å². The van der Waals surface area contributed by atoms with Crippen molar-refractivity contribution in [2.24, 2.45) is 0 Å². The third kappa shape index (κ3) is 1.99. The molecule has 0 spiro atoms. The van der Waals surface area contributed by atoms with E-state index in [4.69, 9.17) is 11.0 Å². The van der Waals surface area contributed by atoms with Gasteiger partial charge in [-0.3, -0.25) is 0 Å². The predicted octanol–water partition coefficient (Wildman–Crippen LogP) is 0.921. The fourth-order valence-electron chi connectivity index (χ4n) is 1.72. The molecule has 5 heteroatoms. The van der Waals surface area contributed by atoms with Gasteiger partial charge in [-0.25, -0.2) is 4.98 Å². The highest BCUT2D eigenvalue weighted by Gasteiger charge is 2.14. The van der Waals surface area contributed by atoms with Crippen LogP contribution in [0.5, 0.6) is 0 Å². The lowest BCUT2D eigenvalue weighted by atomic mass is 10.1. The Hall–Kier alpha value is -1.83. The van der Waals surface area contributed by atoms with Gasteiger partial charge >= 0.3 is 0 Å². The largest absolute Gasteiger partial charge is 0.382 e. The minimum Gasteiger partial charge on any atom is -0.382 e. The molecule has 1 aromatic heterocycles. The summed E-state index contributed by atoms with van der Waals surface area (Å²) in [5, 5.41) is 8.70. The first-order chi connectivity index (χ1) is 7.31. The fraction of sp³-hybridized carbons (Fsp3) is 0.500. The molecule has 0 saturated carbocycles. The number of hydrogen-bond donors (Lipinski definition) is 1. The summed E-state index contributed by atoms with van der Waals surface area (Å²) in [7, 11) is 0. The first-order valence-corrected chi connectivity index (χ1v) is 5.09. The number of rotatable bonds is 1. The molecule has 1 fully saturated rings. The molecule has 15 heavy (non-hydrogen) atoms. The Labute approximate surface area is 88.5 Å². The van der Waals surface area contributed by atoms with Crippen LogP contribution in [0, 0.1) is 11.3 Å². The van der Waals surface area contributed by atoms with Crippen LogP contribution in [0.3, 0.4) is 0 Å². The van der Waals surface area contributed by atoms with Gasteiger partial charge in [0.25, 0.3) is 0 Å². The summed E-state index contributed by atoms with van der Waals surface area (Å²) in [5.74, 6) is 0.916. The molecule has 2 heterocycles. The van der Waals surface area contributed by atoms with Gasteiger partial charge in [-0.15, -0.1) is 0 Å². The van der Waals surface area contributed by atoms with Crippen LogP contribution in [-0.2, 0) is 0 Å². The zero-order valence-electron chi connectivity index (χ0n) is 8.48. The molecule has 0 amide bonds. The van der Waals surface area contributed by atoms with Gasteiger partial charge in [-0.05, 0) is 19.3 Å². The van der Waals surface area contributed by atoms with Crippen LogP contribution < -0.4 is 10.6 Å². The van der Waals surface area contributed by atoms with Crippen molar-refractivity contribution in [1.82, 2.24) is 9.97 Å². The number of nitriles is 1. The molecular weight excluding hydrogens is 190 g/mol. The second kappa shape index (κ2) is 4.13. The third-order valence-electron chi connectivity index (χ3n) is 2.56. The Kier molecular flexibility index (Phi) is 2.68. The van der Waals surface area contributed by atoms with Crippen molar-refractivity contribution in [1.29, 1.82) is 5.26 Å². The summed E-state index contributed by atoms with van der Waals surface area (Å²) in [6, 6.07) is 1.96. The average Bonchev–Trinajstić information content (AvgIpc) is 2.30. The number of nitrogen functional groups attached to an aromatic ring is 1. The molecule has 0 bridgehead atoms. The van der Waals surface area contributed by atoms with Gasteiger partial charge in [-0.1, -0.05) is 0 Å². The summed E-state index contributed by atoms with van der Waals surface area (Å²) in [6.45, 7) is 1.96. The molecule has 2 rings (SSSR count). The van der Waals surface area contributed by atoms with Crippen LogP contribution in [0.25, 0.3) is 0 Å². The van der Waals surface area contributed by atoms with Crippen LogP contribution in [-0.4, -0.2) is 23.1 Å². The first-order valence-electron chi connectivity index (χ1n) is 5.09. The van der Waals surface area contributed by atoms with E-state index in [2.05, 4.69) is 14.9 Å². The monoisotopic (exact) mass is 203 g/mol. The number of hydrogen-bond acceptors (Lipinski definition) is 5. The summed E-state index contributed by atoms with van der Waals surface area (Å²) in [4.78, 5) is 10.4. The summed E-state index contributed by atoms with van der Waals surface area (Å²) >= 11 is 0. The highest BCUT2D eigenvalue weighted by Crippen LogP contribution is 2.17. The van der Waals surface area contributed by atoms with E-state index >= 15 is 0 Å². The predicted molar refractivity (Wildman–Crippen MR) is 57.2 cm³/mol. The second-order valence-electron chi connectivity index (χ2n) is 3.63. The molecule has 2 N–H and O–H groups in total.